The summed E-state index contributed by atoms with van der Waals surface area (Å²) in [5.41, 5.74) is -10.9. The van der Waals surface area contributed by atoms with Crippen LogP contribution in [0.5, 0.6) is 0 Å². The number of rotatable bonds is 2. The molecule has 0 rings (SSSR count). The fourth-order valence-corrected chi connectivity index (χ4v) is 2.04. The third-order valence-electron chi connectivity index (χ3n) is 0.794. The summed E-state index contributed by atoms with van der Waals surface area (Å²) in [5, 5.41) is 0. The van der Waals surface area contributed by atoms with Crippen LogP contribution in [-0.2, 0) is 10.0 Å². The molecule has 0 saturated carbocycles. The highest BCUT2D eigenvalue weighted by Crippen LogP contribution is 2.35. The molecule has 0 aromatic heterocycles. The van der Waals surface area contributed by atoms with Crippen molar-refractivity contribution in [3.8, 4) is 0 Å². The van der Waals surface area contributed by atoms with Gasteiger partial charge in [0.2, 0.25) is 0 Å². The highest BCUT2D eigenvalue weighted by Gasteiger charge is 2.48. The standard InChI is InChI=1S/C3H3F6NO2S2/c1-13(2(4,5)6)10-14(11,12)3(7,8)9/h10H,1H2. The van der Waals surface area contributed by atoms with Gasteiger partial charge in [-0.2, -0.15) is 26.3 Å². The first-order valence-electron chi connectivity index (χ1n) is 2.57. The molecule has 0 aliphatic carbocycles. The molecule has 0 heterocycles. The van der Waals surface area contributed by atoms with Crippen molar-refractivity contribution in [2.75, 3.05) is 0 Å². The van der Waals surface area contributed by atoms with Crippen LogP contribution in [0.4, 0.5) is 26.3 Å². The third kappa shape index (κ3) is 3.46. The van der Waals surface area contributed by atoms with Gasteiger partial charge in [0.15, 0.2) is 0 Å². The second kappa shape index (κ2) is 3.70. The van der Waals surface area contributed by atoms with Crippen molar-refractivity contribution in [3.63, 3.8) is 0 Å². The Bertz CT molecular complexity index is 326. The van der Waals surface area contributed by atoms with Gasteiger partial charge in [0.1, 0.15) is 0 Å². The van der Waals surface area contributed by atoms with Gasteiger partial charge in [-0.05, 0) is 10.7 Å². The topological polar surface area (TPSA) is 46.2 Å². The van der Waals surface area contributed by atoms with Crippen molar-refractivity contribution in [2.24, 2.45) is 0 Å². The first-order valence-corrected chi connectivity index (χ1v) is 5.45. The van der Waals surface area contributed by atoms with Gasteiger partial charge < -0.3 is 0 Å². The maximum Gasteiger partial charge on any atom is 0.512 e. The van der Waals surface area contributed by atoms with Gasteiger partial charge in [-0.1, -0.05) is 5.87 Å². The average molecular weight is 263 g/mol. The molecule has 0 aliphatic rings. The minimum atomic E-state index is -6.00. The molecule has 3 nitrogen and oxygen atoms in total. The lowest BCUT2D eigenvalue weighted by Crippen LogP contribution is -2.35. The van der Waals surface area contributed by atoms with E-state index in [4.69, 9.17) is 0 Å². The maximum absolute atomic E-state index is 11.6. The molecule has 0 radical (unpaired) electrons. The van der Waals surface area contributed by atoms with E-state index in [-0.39, 0.29) is 0 Å². The number of halogens is 6. The smallest absolute Gasteiger partial charge is 0.202 e. The number of hydrogen-bond donors (Lipinski definition) is 1. The quantitative estimate of drug-likeness (QED) is 0.607. The average Bonchev–Trinajstić information content (AvgIpc) is 1.80. The largest absolute Gasteiger partial charge is 0.512 e. The molecule has 0 aromatic rings. The molecule has 0 aliphatic heterocycles. The number of hydrogen-bond acceptors (Lipinski definition) is 2. The van der Waals surface area contributed by atoms with E-state index in [0.717, 1.165) is 0 Å². The minimum absolute atomic E-state index is 0.375. The molecule has 0 saturated heterocycles. The van der Waals surface area contributed by atoms with Gasteiger partial charge in [0, 0.05) is 0 Å². The molecule has 86 valence electrons. The van der Waals surface area contributed by atoms with Crippen LogP contribution < -0.4 is 4.13 Å². The molecule has 14 heavy (non-hydrogen) atoms. The minimum Gasteiger partial charge on any atom is -0.202 e. The van der Waals surface area contributed by atoms with Gasteiger partial charge in [-0.15, -0.1) is 4.13 Å². The summed E-state index contributed by atoms with van der Waals surface area (Å²) >= 11 is 0. The van der Waals surface area contributed by atoms with Gasteiger partial charge in [0.25, 0.3) is 0 Å². The Morgan fingerprint density at radius 3 is 1.64 bits per heavy atom. The van der Waals surface area contributed by atoms with E-state index in [9.17, 15) is 34.8 Å². The molecule has 0 fully saturated rings. The summed E-state index contributed by atoms with van der Waals surface area (Å²) < 4.78 is 90.1. The van der Waals surface area contributed by atoms with E-state index in [2.05, 4.69) is 5.87 Å². The lowest BCUT2D eigenvalue weighted by Gasteiger charge is -2.14. The summed E-state index contributed by atoms with van der Waals surface area (Å²) in [6.07, 6.45) is 0. The number of nitrogens with one attached hydrogen (secondary N) is 1. The molecule has 0 bridgehead atoms. The van der Waals surface area contributed by atoms with E-state index in [1.54, 1.807) is 0 Å². The SMILES string of the molecule is C=S(NS(=O)(=O)C(F)(F)F)C(F)(F)F. The van der Waals surface area contributed by atoms with Crippen LogP contribution in [0.1, 0.15) is 0 Å². The summed E-state index contributed by atoms with van der Waals surface area (Å²) in [6, 6.07) is 0. The molecular formula is C3H3F6NO2S2. The van der Waals surface area contributed by atoms with Crippen LogP contribution in [0.2, 0.25) is 0 Å². The molecule has 1 atom stereocenters. The van der Waals surface area contributed by atoms with Crippen molar-refractivity contribution in [1.29, 1.82) is 0 Å². The zero-order chi connectivity index (χ0) is 11.8. The predicted octanol–water partition coefficient (Wildman–Crippen LogP) is 1.56. The second-order valence-electron chi connectivity index (χ2n) is 1.87. The molecule has 0 amide bonds. The molecule has 0 spiro atoms. The third-order valence-corrected chi connectivity index (χ3v) is 3.65. The van der Waals surface area contributed by atoms with Crippen molar-refractivity contribution >= 4 is 26.6 Å². The number of alkyl halides is 6. The molecule has 1 N–H and O–H groups in total. The van der Waals surface area contributed by atoms with Gasteiger partial charge in [-0.3, -0.25) is 0 Å². The normalized spacial score (nSPS) is 16.7. The fourth-order valence-electron chi connectivity index (χ4n) is 0.227. The summed E-state index contributed by atoms with van der Waals surface area (Å²) in [4.78, 5) is 0. The Hall–Kier alpha value is -0.290. The van der Waals surface area contributed by atoms with E-state index in [1.165, 1.54) is 0 Å². The van der Waals surface area contributed by atoms with Gasteiger partial charge >= 0.3 is 21.0 Å². The Labute approximate surface area is 77.2 Å². The summed E-state index contributed by atoms with van der Waals surface area (Å²) in [7, 11) is -9.31. The van der Waals surface area contributed by atoms with Crippen LogP contribution in [-0.4, -0.2) is 25.3 Å². The monoisotopic (exact) mass is 263 g/mol. The van der Waals surface area contributed by atoms with E-state index >= 15 is 0 Å². The molecule has 1 unspecified atom stereocenters. The van der Waals surface area contributed by atoms with Crippen LogP contribution in [0.3, 0.4) is 0 Å². The highest BCUT2D eigenvalue weighted by atomic mass is 32.3. The zero-order valence-corrected chi connectivity index (χ0v) is 7.74. The first kappa shape index (κ1) is 13.7. The van der Waals surface area contributed by atoms with Crippen LogP contribution in [0.25, 0.3) is 0 Å². The Morgan fingerprint density at radius 1 is 1.07 bits per heavy atom. The zero-order valence-electron chi connectivity index (χ0n) is 6.11. The Morgan fingerprint density at radius 2 is 1.43 bits per heavy atom. The Balaban J connectivity index is 4.82. The van der Waals surface area contributed by atoms with E-state index in [0.29, 0.717) is 4.13 Å². The Kier molecular flexibility index (Phi) is 3.62. The predicted molar refractivity (Wildman–Crippen MR) is 38.9 cm³/mol. The number of sulfonamides is 1. The lowest BCUT2D eigenvalue weighted by molar-refractivity contribution is -0.0446. The van der Waals surface area contributed by atoms with Crippen LogP contribution >= 0.6 is 10.7 Å². The van der Waals surface area contributed by atoms with Crippen LogP contribution in [0, 0.1) is 0 Å². The van der Waals surface area contributed by atoms with E-state index < -0.39 is 31.7 Å². The van der Waals surface area contributed by atoms with Gasteiger partial charge in [-0.25, -0.2) is 8.42 Å². The van der Waals surface area contributed by atoms with Crippen molar-refractivity contribution in [2.45, 2.75) is 11.0 Å². The molecule has 0 aromatic carbocycles. The summed E-state index contributed by atoms with van der Waals surface area (Å²) in [6.45, 7) is 0. The van der Waals surface area contributed by atoms with Crippen molar-refractivity contribution in [3.05, 3.63) is 0 Å². The van der Waals surface area contributed by atoms with Crippen molar-refractivity contribution in [1.82, 2.24) is 4.13 Å². The highest BCUT2D eigenvalue weighted by molar-refractivity contribution is 8.20. The first-order chi connectivity index (χ1) is 5.88. The van der Waals surface area contributed by atoms with Gasteiger partial charge in [0.05, 0.1) is 0 Å². The summed E-state index contributed by atoms with van der Waals surface area (Å²) in [5.74, 6) is 2.22. The second-order valence-corrected chi connectivity index (χ2v) is 5.25. The molecular weight excluding hydrogens is 260 g/mol. The maximum atomic E-state index is 11.6. The fraction of sp³-hybridized carbons (Fsp3) is 0.667. The van der Waals surface area contributed by atoms with Crippen LogP contribution in [0.15, 0.2) is 0 Å². The lowest BCUT2D eigenvalue weighted by atomic mass is 11.6. The van der Waals surface area contributed by atoms with E-state index in [1.807, 2.05) is 0 Å². The molecule has 11 heteroatoms. The van der Waals surface area contributed by atoms with Crippen molar-refractivity contribution < 1.29 is 34.8 Å².